The van der Waals surface area contributed by atoms with Crippen LogP contribution >= 0.6 is 31.9 Å². The van der Waals surface area contributed by atoms with Crippen LogP contribution in [0.25, 0.3) is 0 Å². The Bertz CT molecular complexity index is 483. The molecule has 0 heterocycles. The van der Waals surface area contributed by atoms with Gasteiger partial charge in [0, 0.05) is 33.5 Å². The maximum Gasteiger partial charge on any atom is 0.303 e. The Morgan fingerprint density at radius 2 is 1.75 bits per heavy atom. The van der Waals surface area contributed by atoms with Crippen molar-refractivity contribution in [2.24, 2.45) is 0 Å². The molecule has 1 rings (SSSR count). The highest BCUT2D eigenvalue weighted by Gasteiger charge is 2.19. The van der Waals surface area contributed by atoms with Gasteiger partial charge in [0.25, 0.3) is 5.91 Å². The van der Waals surface area contributed by atoms with Gasteiger partial charge in [-0.05, 0) is 38.5 Å². The predicted molar refractivity (Wildman–Crippen MR) is 84.9 cm³/mol. The Morgan fingerprint density at radius 1 is 1.20 bits per heavy atom. The summed E-state index contributed by atoms with van der Waals surface area (Å²) in [5.41, 5.74) is 0.579. The molecule has 1 N–H and O–H groups in total. The van der Waals surface area contributed by atoms with E-state index < -0.39 is 5.97 Å². The van der Waals surface area contributed by atoms with Gasteiger partial charge in [0.05, 0.1) is 0 Å². The van der Waals surface area contributed by atoms with Crippen LogP contribution in [-0.2, 0) is 4.79 Å². The smallest absolute Gasteiger partial charge is 0.303 e. The van der Waals surface area contributed by atoms with Gasteiger partial charge >= 0.3 is 5.97 Å². The van der Waals surface area contributed by atoms with Crippen LogP contribution in [0.2, 0.25) is 0 Å². The number of carbonyl (C=O) groups excluding carboxylic acids is 1. The Morgan fingerprint density at radius 3 is 2.20 bits per heavy atom. The van der Waals surface area contributed by atoms with Crippen LogP contribution in [0.15, 0.2) is 27.1 Å². The average molecular weight is 407 g/mol. The average Bonchev–Trinajstić information content (AvgIpc) is 2.31. The quantitative estimate of drug-likeness (QED) is 0.778. The highest BCUT2D eigenvalue weighted by Crippen LogP contribution is 2.22. The van der Waals surface area contributed by atoms with Crippen LogP contribution < -0.4 is 0 Å². The lowest BCUT2D eigenvalue weighted by atomic mass is 10.1. The van der Waals surface area contributed by atoms with Gasteiger partial charge in [-0.25, -0.2) is 0 Å². The first-order valence-corrected chi connectivity index (χ1v) is 7.88. The van der Waals surface area contributed by atoms with Gasteiger partial charge in [-0.15, -0.1) is 0 Å². The maximum absolute atomic E-state index is 12.5. The second-order valence-electron chi connectivity index (χ2n) is 4.75. The lowest BCUT2D eigenvalue weighted by molar-refractivity contribution is -0.137. The Hall–Kier alpha value is -0.880. The zero-order valence-corrected chi connectivity index (χ0v) is 14.6. The fraction of sp³-hybridized carbons (Fsp3) is 0.429. The van der Waals surface area contributed by atoms with Crippen molar-refractivity contribution in [3.05, 3.63) is 32.7 Å². The third kappa shape index (κ3) is 5.25. The molecule has 0 saturated heterocycles. The topological polar surface area (TPSA) is 57.6 Å². The van der Waals surface area contributed by atoms with Gasteiger partial charge in [0.1, 0.15) is 0 Å². The summed E-state index contributed by atoms with van der Waals surface area (Å²) in [6.45, 7) is 4.28. The fourth-order valence-corrected chi connectivity index (χ4v) is 3.13. The van der Waals surface area contributed by atoms with E-state index in [1.54, 1.807) is 17.0 Å². The molecule has 6 heteroatoms. The Kier molecular flexibility index (Phi) is 6.68. The molecule has 0 aliphatic rings. The predicted octanol–water partition coefficient (Wildman–Crippen LogP) is 3.93. The molecule has 1 amide bonds. The van der Waals surface area contributed by atoms with Crippen molar-refractivity contribution >= 4 is 43.7 Å². The molecule has 0 spiro atoms. The minimum atomic E-state index is -0.841. The van der Waals surface area contributed by atoms with E-state index in [1.165, 1.54) is 0 Å². The van der Waals surface area contributed by atoms with E-state index in [2.05, 4.69) is 31.9 Å². The summed E-state index contributed by atoms with van der Waals surface area (Å²) >= 11 is 6.72. The number of nitrogens with zero attached hydrogens (tertiary/aromatic N) is 1. The van der Waals surface area contributed by atoms with Crippen molar-refractivity contribution in [1.82, 2.24) is 4.90 Å². The first kappa shape index (κ1) is 17.2. The second-order valence-corrected chi connectivity index (χ2v) is 6.58. The number of hydrogen-bond donors (Lipinski definition) is 1. The Labute approximate surface area is 135 Å². The fourth-order valence-electron chi connectivity index (χ4n) is 1.84. The number of halogens is 2. The maximum atomic E-state index is 12.5. The number of carboxylic acid groups (broad SMARTS) is 1. The third-order valence-electron chi connectivity index (χ3n) is 2.78. The summed E-state index contributed by atoms with van der Waals surface area (Å²) < 4.78 is 1.65. The summed E-state index contributed by atoms with van der Waals surface area (Å²) in [6, 6.07) is 5.41. The first-order chi connectivity index (χ1) is 9.31. The van der Waals surface area contributed by atoms with E-state index in [9.17, 15) is 9.59 Å². The molecule has 0 fully saturated rings. The van der Waals surface area contributed by atoms with Gasteiger partial charge in [-0.3, -0.25) is 9.59 Å². The van der Waals surface area contributed by atoms with E-state index in [0.29, 0.717) is 18.5 Å². The van der Waals surface area contributed by atoms with Crippen molar-refractivity contribution in [1.29, 1.82) is 0 Å². The monoisotopic (exact) mass is 405 g/mol. The highest BCUT2D eigenvalue weighted by atomic mass is 79.9. The van der Waals surface area contributed by atoms with Crippen molar-refractivity contribution < 1.29 is 14.7 Å². The van der Waals surface area contributed by atoms with E-state index in [-0.39, 0.29) is 18.4 Å². The molecule has 1 aromatic carbocycles. The Balaban J connectivity index is 2.85. The molecule has 0 radical (unpaired) electrons. The standard InChI is InChI=1S/C14H17Br2NO3/c1-9(2)17(5-3-4-13(18)19)14(20)10-6-11(15)8-12(16)7-10/h6-9H,3-5H2,1-2H3,(H,18,19). The second kappa shape index (κ2) is 7.78. The van der Waals surface area contributed by atoms with Crippen molar-refractivity contribution in [3.63, 3.8) is 0 Å². The molecular weight excluding hydrogens is 390 g/mol. The minimum absolute atomic E-state index is 0.0223. The van der Waals surface area contributed by atoms with E-state index in [1.807, 2.05) is 19.9 Å². The molecule has 0 aromatic heterocycles. The third-order valence-corrected chi connectivity index (χ3v) is 3.70. The van der Waals surface area contributed by atoms with Gasteiger partial charge in [0.15, 0.2) is 0 Å². The molecule has 0 atom stereocenters. The molecule has 0 unspecified atom stereocenters. The number of rotatable bonds is 6. The van der Waals surface area contributed by atoms with Crippen LogP contribution in [0.3, 0.4) is 0 Å². The van der Waals surface area contributed by atoms with Crippen LogP contribution in [-0.4, -0.2) is 34.5 Å². The molecule has 0 aliphatic heterocycles. The summed E-state index contributed by atoms with van der Waals surface area (Å²) in [7, 11) is 0. The number of hydrogen-bond acceptors (Lipinski definition) is 2. The lowest BCUT2D eigenvalue weighted by Gasteiger charge is -2.27. The number of aliphatic carboxylic acids is 1. The molecule has 4 nitrogen and oxygen atoms in total. The number of carbonyl (C=O) groups is 2. The summed E-state index contributed by atoms with van der Waals surface area (Å²) in [5, 5.41) is 8.68. The van der Waals surface area contributed by atoms with Crippen molar-refractivity contribution in [2.45, 2.75) is 32.7 Å². The SMILES string of the molecule is CC(C)N(CCCC(=O)O)C(=O)c1cc(Br)cc(Br)c1. The van der Waals surface area contributed by atoms with Gasteiger partial charge in [-0.2, -0.15) is 0 Å². The molecule has 0 saturated carbocycles. The molecule has 0 aliphatic carbocycles. The van der Waals surface area contributed by atoms with Gasteiger partial charge in [0.2, 0.25) is 0 Å². The minimum Gasteiger partial charge on any atom is -0.481 e. The van der Waals surface area contributed by atoms with E-state index in [4.69, 9.17) is 5.11 Å². The normalized spacial score (nSPS) is 10.7. The lowest BCUT2D eigenvalue weighted by Crippen LogP contribution is -2.38. The molecule has 1 aromatic rings. The van der Waals surface area contributed by atoms with E-state index in [0.717, 1.165) is 8.95 Å². The van der Waals surface area contributed by atoms with Crippen molar-refractivity contribution in [3.8, 4) is 0 Å². The summed E-state index contributed by atoms with van der Waals surface area (Å²) in [4.78, 5) is 24.8. The molecular formula is C14H17Br2NO3. The van der Waals surface area contributed by atoms with Gasteiger partial charge < -0.3 is 10.0 Å². The molecule has 20 heavy (non-hydrogen) atoms. The molecule has 0 bridgehead atoms. The van der Waals surface area contributed by atoms with Crippen LogP contribution in [0.4, 0.5) is 0 Å². The number of amides is 1. The number of carboxylic acids is 1. The largest absolute Gasteiger partial charge is 0.481 e. The summed E-state index contributed by atoms with van der Waals surface area (Å²) in [6.07, 6.45) is 0.521. The van der Waals surface area contributed by atoms with E-state index >= 15 is 0 Å². The highest BCUT2D eigenvalue weighted by molar-refractivity contribution is 9.11. The summed E-state index contributed by atoms with van der Waals surface area (Å²) in [5.74, 6) is -0.932. The number of benzene rings is 1. The van der Waals surface area contributed by atoms with Crippen LogP contribution in [0, 0.1) is 0 Å². The van der Waals surface area contributed by atoms with Crippen molar-refractivity contribution in [2.75, 3.05) is 6.54 Å². The zero-order valence-electron chi connectivity index (χ0n) is 11.4. The first-order valence-electron chi connectivity index (χ1n) is 6.30. The van der Waals surface area contributed by atoms with Gasteiger partial charge in [-0.1, -0.05) is 31.9 Å². The molecule has 110 valence electrons. The van der Waals surface area contributed by atoms with Crippen LogP contribution in [0.5, 0.6) is 0 Å². The zero-order chi connectivity index (χ0) is 15.3. The van der Waals surface area contributed by atoms with Crippen LogP contribution in [0.1, 0.15) is 37.0 Å².